The van der Waals surface area contributed by atoms with Crippen LogP contribution in [0.15, 0.2) is 24.0 Å². The Morgan fingerprint density at radius 2 is 1.89 bits per heavy atom. The second-order valence-electron chi connectivity index (χ2n) is 3.99. The lowest BCUT2D eigenvalue weighted by Gasteiger charge is -2.35. The van der Waals surface area contributed by atoms with Crippen LogP contribution in [0.3, 0.4) is 0 Å². The maximum Gasteiger partial charge on any atom is 0.185 e. The molecular formula is C11H12ClN5S. The maximum atomic E-state index is 5.85. The molecule has 0 bridgehead atoms. The molecule has 1 fully saturated rings. The van der Waals surface area contributed by atoms with E-state index in [2.05, 4.69) is 24.8 Å². The molecule has 1 aliphatic rings. The van der Waals surface area contributed by atoms with Crippen LogP contribution >= 0.6 is 22.9 Å². The number of nitrogens with zero attached hydrogens (tertiary/aromatic N) is 5. The van der Waals surface area contributed by atoms with Gasteiger partial charge >= 0.3 is 0 Å². The molecule has 7 heteroatoms. The normalized spacial score (nSPS) is 16.1. The van der Waals surface area contributed by atoms with Crippen molar-refractivity contribution in [2.24, 2.45) is 0 Å². The SMILES string of the molecule is Clc1cncc(N2CCN(c3nccs3)CC2)n1. The van der Waals surface area contributed by atoms with Gasteiger partial charge in [0.2, 0.25) is 0 Å². The van der Waals surface area contributed by atoms with Crippen LogP contribution in [0.2, 0.25) is 5.15 Å². The van der Waals surface area contributed by atoms with Gasteiger partial charge in [-0.15, -0.1) is 11.3 Å². The molecule has 1 saturated heterocycles. The number of piperazine rings is 1. The fourth-order valence-corrected chi connectivity index (χ4v) is 2.82. The molecule has 0 aliphatic carbocycles. The molecule has 2 aromatic rings. The van der Waals surface area contributed by atoms with Gasteiger partial charge in [0.15, 0.2) is 5.13 Å². The van der Waals surface area contributed by atoms with E-state index < -0.39 is 0 Å². The van der Waals surface area contributed by atoms with Crippen molar-refractivity contribution in [3.05, 3.63) is 29.1 Å². The number of hydrogen-bond donors (Lipinski definition) is 0. The minimum atomic E-state index is 0.440. The molecule has 0 N–H and O–H groups in total. The van der Waals surface area contributed by atoms with Gasteiger partial charge in [-0.05, 0) is 0 Å². The van der Waals surface area contributed by atoms with E-state index in [9.17, 15) is 0 Å². The maximum absolute atomic E-state index is 5.85. The number of aromatic nitrogens is 3. The predicted octanol–water partition coefficient (Wildman–Crippen LogP) is 1.91. The first-order valence-electron chi connectivity index (χ1n) is 5.70. The summed E-state index contributed by atoms with van der Waals surface area (Å²) in [5.74, 6) is 0.848. The third-order valence-electron chi connectivity index (χ3n) is 2.89. The van der Waals surface area contributed by atoms with E-state index in [0.717, 1.165) is 37.1 Å². The number of rotatable bonds is 2. The summed E-state index contributed by atoms with van der Waals surface area (Å²) in [4.78, 5) is 17.2. The monoisotopic (exact) mass is 281 g/mol. The number of halogens is 1. The Hall–Kier alpha value is -1.40. The average Bonchev–Trinajstić information content (AvgIpc) is 2.93. The molecule has 0 saturated carbocycles. The van der Waals surface area contributed by atoms with Crippen molar-refractivity contribution in [1.82, 2.24) is 15.0 Å². The van der Waals surface area contributed by atoms with E-state index in [1.165, 1.54) is 0 Å². The quantitative estimate of drug-likeness (QED) is 0.841. The smallest absolute Gasteiger partial charge is 0.185 e. The van der Waals surface area contributed by atoms with Crippen LogP contribution < -0.4 is 9.80 Å². The van der Waals surface area contributed by atoms with Crippen LogP contribution in [-0.2, 0) is 0 Å². The van der Waals surface area contributed by atoms with Crippen molar-refractivity contribution in [1.29, 1.82) is 0 Å². The van der Waals surface area contributed by atoms with Gasteiger partial charge in [0.1, 0.15) is 11.0 Å². The summed E-state index contributed by atoms with van der Waals surface area (Å²) in [6.07, 6.45) is 5.15. The number of anilines is 2. The highest BCUT2D eigenvalue weighted by Crippen LogP contribution is 2.21. The van der Waals surface area contributed by atoms with Crippen LogP contribution in [0.1, 0.15) is 0 Å². The van der Waals surface area contributed by atoms with Crippen LogP contribution in [-0.4, -0.2) is 41.1 Å². The van der Waals surface area contributed by atoms with E-state index in [4.69, 9.17) is 11.6 Å². The summed E-state index contributed by atoms with van der Waals surface area (Å²) in [5, 5.41) is 3.53. The Morgan fingerprint density at radius 1 is 1.11 bits per heavy atom. The lowest BCUT2D eigenvalue weighted by Crippen LogP contribution is -2.46. The second-order valence-corrected chi connectivity index (χ2v) is 5.25. The zero-order valence-corrected chi connectivity index (χ0v) is 11.2. The third kappa shape index (κ3) is 2.39. The standard InChI is InChI=1S/C11H12ClN5S/c12-9-7-13-8-10(15-9)16-2-4-17(5-3-16)11-14-1-6-18-11/h1,6-8H,2-5H2. The van der Waals surface area contributed by atoms with Gasteiger partial charge in [-0.25, -0.2) is 9.97 Å². The molecule has 0 radical (unpaired) electrons. The van der Waals surface area contributed by atoms with Gasteiger partial charge in [0.25, 0.3) is 0 Å². The molecule has 3 heterocycles. The van der Waals surface area contributed by atoms with Gasteiger partial charge < -0.3 is 9.80 Å². The second kappa shape index (κ2) is 5.07. The lowest BCUT2D eigenvalue weighted by molar-refractivity contribution is 0.645. The highest BCUT2D eigenvalue weighted by atomic mass is 35.5. The van der Waals surface area contributed by atoms with Gasteiger partial charge in [-0.1, -0.05) is 11.6 Å². The van der Waals surface area contributed by atoms with Crippen molar-refractivity contribution in [3.8, 4) is 0 Å². The first-order valence-corrected chi connectivity index (χ1v) is 6.95. The number of hydrogen-bond acceptors (Lipinski definition) is 6. The highest BCUT2D eigenvalue weighted by Gasteiger charge is 2.19. The molecule has 0 unspecified atom stereocenters. The molecule has 0 spiro atoms. The van der Waals surface area contributed by atoms with E-state index in [1.807, 2.05) is 11.6 Å². The summed E-state index contributed by atoms with van der Waals surface area (Å²) in [6.45, 7) is 3.71. The summed E-state index contributed by atoms with van der Waals surface area (Å²) in [5.41, 5.74) is 0. The van der Waals surface area contributed by atoms with Crippen molar-refractivity contribution in [2.75, 3.05) is 36.0 Å². The Balaban J connectivity index is 1.67. The van der Waals surface area contributed by atoms with Crippen LogP contribution in [0, 0.1) is 0 Å². The molecule has 18 heavy (non-hydrogen) atoms. The molecule has 3 rings (SSSR count). The Kier molecular flexibility index (Phi) is 3.29. The molecule has 2 aromatic heterocycles. The predicted molar refractivity (Wildman–Crippen MR) is 73.6 cm³/mol. The van der Waals surface area contributed by atoms with Crippen molar-refractivity contribution >= 4 is 33.9 Å². The highest BCUT2D eigenvalue weighted by molar-refractivity contribution is 7.13. The van der Waals surface area contributed by atoms with Crippen molar-refractivity contribution < 1.29 is 0 Å². The van der Waals surface area contributed by atoms with Crippen LogP contribution in [0.4, 0.5) is 10.9 Å². The fourth-order valence-electron chi connectivity index (χ4n) is 1.98. The van der Waals surface area contributed by atoms with E-state index in [-0.39, 0.29) is 0 Å². The third-order valence-corrected chi connectivity index (χ3v) is 3.90. The summed E-state index contributed by atoms with van der Waals surface area (Å²) in [6, 6.07) is 0. The molecule has 0 amide bonds. The molecule has 5 nitrogen and oxygen atoms in total. The Morgan fingerprint density at radius 3 is 2.56 bits per heavy atom. The summed E-state index contributed by atoms with van der Waals surface area (Å²) >= 11 is 7.53. The van der Waals surface area contributed by atoms with E-state index in [0.29, 0.717) is 5.15 Å². The zero-order chi connectivity index (χ0) is 12.4. The van der Waals surface area contributed by atoms with Crippen LogP contribution in [0.25, 0.3) is 0 Å². The fraction of sp³-hybridized carbons (Fsp3) is 0.364. The molecule has 0 atom stereocenters. The summed E-state index contributed by atoms with van der Waals surface area (Å²) in [7, 11) is 0. The first kappa shape index (κ1) is 11.7. The molecular weight excluding hydrogens is 270 g/mol. The van der Waals surface area contributed by atoms with Gasteiger partial charge in [0, 0.05) is 37.8 Å². The molecule has 0 aromatic carbocycles. The van der Waals surface area contributed by atoms with Gasteiger partial charge in [-0.2, -0.15) is 0 Å². The summed E-state index contributed by atoms with van der Waals surface area (Å²) < 4.78 is 0. The number of thiazole rings is 1. The zero-order valence-electron chi connectivity index (χ0n) is 9.66. The minimum Gasteiger partial charge on any atom is -0.352 e. The van der Waals surface area contributed by atoms with E-state index in [1.54, 1.807) is 23.7 Å². The van der Waals surface area contributed by atoms with Gasteiger partial charge in [0.05, 0.1) is 12.4 Å². The van der Waals surface area contributed by atoms with Crippen molar-refractivity contribution in [2.45, 2.75) is 0 Å². The molecule has 1 aliphatic heterocycles. The molecule has 94 valence electrons. The Bertz CT molecular complexity index is 510. The lowest BCUT2D eigenvalue weighted by atomic mass is 10.3. The van der Waals surface area contributed by atoms with Crippen molar-refractivity contribution in [3.63, 3.8) is 0 Å². The topological polar surface area (TPSA) is 45.2 Å². The van der Waals surface area contributed by atoms with Gasteiger partial charge in [-0.3, -0.25) is 4.98 Å². The first-order chi connectivity index (χ1) is 8.83. The average molecular weight is 282 g/mol. The van der Waals surface area contributed by atoms with E-state index >= 15 is 0 Å². The minimum absolute atomic E-state index is 0.440. The Labute approximate surface area is 114 Å². The largest absolute Gasteiger partial charge is 0.352 e. The van der Waals surface area contributed by atoms with Crippen LogP contribution in [0.5, 0.6) is 0 Å².